The lowest BCUT2D eigenvalue weighted by Crippen LogP contribution is -2.53. The maximum Gasteiger partial charge on any atom is 0.289 e. The van der Waals surface area contributed by atoms with Crippen LogP contribution < -0.4 is 5.32 Å². The summed E-state index contributed by atoms with van der Waals surface area (Å²) >= 11 is 3.43. The van der Waals surface area contributed by atoms with Crippen molar-refractivity contribution in [3.8, 4) is 0 Å². The van der Waals surface area contributed by atoms with E-state index in [0.717, 1.165) is 16.0 Å². The molecule has 1 N–H and O–H groups in total. The molecule has 1 saturated heterocycles. The third kappa shape index (κ3) is 5.44. The van der Waals surface area contributed by atoms with E-state index in [-0.39, 0.29) is 35.7 Å². The van der Waals surface area contributed by atoms with E-state index in [9.17, 15) is 9.18 Å². The molecule has 2 heterocycles. The van der Waals surface area contributed by atoms with Crippen molar-refractivity contribution < 1.29 is 13.6 Å². The molecule has 1 aliphatic rings. The Morgan fingerprint density at radius 3 is 2.59 bits per heavy atom. The molecule has 0 saturated carbocycles. The predicted molar refractivity (Wildman–Crippen MR) is 116 cm³/mol. The van der Waals surface area contributed by atoms with Gasteiger partial charge in [0.15, 0.2) is 11.7 Å². The zero-order valence-corrected chi connectivity index (χ0v) is 18.7. The van der Waals surface area contributed by atoms with Crippen LogP contribution in [0, 0.1) is 5.82 Å². The molecule has 1 aromatic heterocycles. The molecule has 1 fully saturated rings. The minimum atomic E-state index is -0.273. The first-order chi connectivity index (χ1) is 12.6. The molecule has 0 unspecified atom stereocenters. The Balaban J connectivity index is 0.00000261. The number of aliphatic imine (C=N–C) groups is 1. The van der Waals surface area contributed by atoms with Crippen LogP contribution in [0.15, 0.2) is 50.5 Å². The Labute approximate surface area is 182 Å². The number of carbonyl (C=O) groups is 1. The van der Waals surface area contributed by atoms with Gasteiger partial charge in [-0.2, -0.15) is 0 Å². The minimum absolute atomic E-state index is 0. The Kier molecular flexibility index (Phi) is 8.08. The quantitative estimate of drug-likeness (QED) is 0.362. The first kappa shape index (κ1) is 21.7. The number of piperazine rings is 1. The summed E-state index contributed by atoms with van der Waals surface area (Å²) in [6.45, 7) is 2.96. The highest BCUT2D eigenvalue weighted by molar-refractivity contribution is 14.0. The van der Waals surface area contributed by atoms with Crippen molar-refractivity contribution in [2.24, 2.45) is 4.99 Å². The molecule has 1 amide bonds. The third-order valence-corrected chi connectivity index (χ3v) is 5.03. The second-order valence-corrected chi connectivity index (χ2v) is 6.75. The van der Waals surface area contributed by atoms with Crippen LogP contribution in [0.2, 0.25) is 0 Å². The Morgan fingerprint density at radius 1 is 1.26 bits per heavy atom. The summed E-state index contributed by atoms with van der Waals surface area (Å²) < 4.78 is 19.4. The van der Waals surface area contributed by atoms with Crippen molar-refractivity contribution in [3.05, 3.63) is 58.2 Å². The molecule has 1 aromatic carbocycles. The van der Waals surface area contributed by atoms with Gasteiger partial charge in [0, 0.05) is 44.2 Å². The van der Waals surface area contributed by atoms with Crippen LogP contribution >= 0.6 is 39.9 Å². The second kappa shape index (κ2) is 10.1. The van der Waals surface area contributed by atoms with Crippen LogP contribution in [0.5, 0.6) is 0 Å². The van der Waals surface area contributed by atoms with Crippen molar-refractivity contribution in [1.29, 1.82) is 0 Å². The number of nitrogens with zero attached hydrogens (tertiary/aromatic N) is 3. The Morgan fingerprint density at radius 2 is 1.96 bits per heavy atom. The average molecular weight is 551 g/mol. The summed E-state index contributed by atoms with van der Waals surface area (Å²) in [6.07, 6.45) is 1.50. The molecule has 27 heavy (non-hydrogen) atoms. The smallest absolute Gasteiger partial charge is 0.289 e. The number of carbonyl (C=O) groups excluding carboxylic acids is 1. The second-order valence-electron chi connectivity index (χ2n) is 5.89. The predicted octanol–water partition coefficient (Wildman–Crippen LogP) is 3.33. The van der Waals surface area contributed by atoms with Gasteiger partial charge in [-0.25, -0.2) is 4.39 Å². The minimum Gasteiger partial charge on any atom is -0.459 e. The maximum atomic E-state index is 13.4. The normalized spacial score (nSPS) is 14.7. The summed E-state index contributed by atoms with van der Waals surface area (Å²) in [4.78, 5) is 20.5. The Hall–Kier alpha value is -1.62. The lowest BCUT2D eigenvalue weighted by Gasteiger charge is -2.36. The number of hydrogen-bond acceptors (Lipinski definition) is 3. The molecule has 146 valence electrons. The number of guanidine groups is 1. The highest BCUT2D eigenvalue weighted by atomic mass is 127. The highest BCUT2D eigenvalue weighted by Crippen LogP contribution is 2.18. The van der Waals surface area contributed by atoms with E-state index in [1.807, 2.05) is 0 Å². The van der Waals surface area contributed by atoms with E-state index in [4.69, 9.17) is 4.42 Å². The van der Waals surface area contributed by atoms with Gasteiger partial charge in [0.25, 0.3) is 5.91 Å². The summed E-state index contributed by atoms with van der Waals surface area (Å²) in [5.74, 6) is 0.717. The van der Waals surface area contributed by atoms with E-state index in [1.165, 1.54) is 18.4 Å². The molecule has 9 heteroatoms. The van der Waals surface area contributed by atoms with E-state index >= 15 is 0 Å². The first-order valence-corrected chi connectivity index (χ1v) is 9.10. The van der Waals surface area contributed by atoms with Gasteiger partial charge in [-0.3, -0.25) is 9.79 Å². The molecule has 3 rings (SSSR count). The van der Waals surface area contributed by atoms with Crippen LogP contribution in [-0.2, 0) is 6.54 Å². The molecule has 0 spiro atoms. The van der Waals surface area contributed by atoms with Gasteiger partial charge < -0.3 is 19.5 Å². The molecule has 0 bridgehead atoms. The molecule has 1 aliphatic heterocycles. The van der Waals surface area contributed by atoms with E-state index in [1.54, 1.807) is 30.1 Å². The van der Waals surface area contributed by atoms with Gasteiger partial charge in [-0.05, 0) is 35.9 Å². The van der Waals surface area contributed by atoms with Crippen molar-refractivity contribution in [3.63, 3.8) is 0 Å². The monoisotopic (exact) mass is 550 g/mol. The fraction of sp³-hybridized carbons (Fsp3) is 0.333. The van der Waals surface area contributed by atoms with Crippen LogP contribution in [0.1, 0.15) is 16.1 Å². The summed E-state index contributed by atoms with van der Waals surface area (Å²) in [6, 6.07) is 7.97. The largest absolute Gasteiger partial charge is 0.459 e. The first-order valence-electron chi connectivity index (χ1n) is 8.31. The molecule has 0 atom stereocenters. The van der Waals surface area contributed by atoms with Crippen molar-refractivity contribution in [1.82, 2.24) is 15.1 Å². The number of benzene rings is 1. The fourth-order valence-electron chi connectivity index (χ4n) is 2.86. The lowest BCUT2D eigenvalue weighted by atomic mass is 10.2. The van der Waals surface area contributed by atoms with E-state index in [0.29, 0.717) is 38.5 Å². The number of nitrogens with one attached hydrogen (secondary N) is 1. The van der Waals surface area contributed by atoms with Crippen molar-refractivity contribution in [2.75, 3.05) is 33.2 Å². The van der Waals surface area contributed by atoms with Crippen molar-refractivity contribution >= 4 is 51.8 Å². The van der Waals surface area contributed by atoms with E-state index < -0.39 is 0 Å². The number of halogens is 3. The standard InChI is InChI=1S/C18H20BrFN4O2.HI/c1-21-18(22-12-13-11-14(20)4-5-15(13)19)24-8-6-23(7-9-24)17(25)16-3-2-10-26-16;/h2-5,10-11H,6-9,12H2,1H3,(H,21,22);1H. The van der Waals surface area contributed by atoms with Gasteiger partial charge in [-0.15, -0.1) is 24.0 Å². The summed E-state index contributed by atoms with van der Waals surface area (Å²) in [5, 5.41) is 3.25. The summed E-state index contributed by atoms with van der Waals surface area (Å²) in [7, 11) is 1.71. The topological polar surface area (TPSA) is 61.1 Å². The van der Waals surface area contributed by atoms with Crippen molar-refractivity contribution in [2.45, 2.75) is 6.54 Å². The number of rotatable bonds is 3. The molecule has 0 radical (unpaired) electrons. The molecule has 0 aliphatic carbocycles. The number of amides is 1. The van der Waals surface area contributed by atoms with Gasteiger partial charge in [0.05, 0.1) is 6.26 Å². The van der Waals surface area contributed by atoms with Crippen LogP contribution in [0.25, 0.3) is 0 Å². The SMILES string of the molecule is CN=C(NCc1cc(F)ccc1Br)N1CCN(C(=O)c2ccco2)CC1.I. The number of hydrogen-bond donors (Lipinski definition) is 1. The third-order valence-electron chi connectivity index (χ3n) is 4.25. The van der Waals surface area contributed by atoms with Gasteiger partial charge in [0.1, 0.15) is 5.82 Å². The van der Waals surface area contributed by atoms with Crippen LogP contribution in [0.4, 0.5) is 4.39 Å². The number of furan rings is 1. The fourth-order valence-corrected chi connectivity index (χ4v) is 3.25. The Bertz CT molecular complexity index is 793. The van der Waals surface area contributed by atoms with Crippen LogP contribution in [-0.4, -0.2) is 54.9 Å². The van der Waals surface area contributed by atoms with E-state index in [2.05, 4.69) is 31.1 Å². The van der Waals surface area contributed by atoms with Gasteiger partial charge in [0.2, 0.25) is 0 Å². The zero-order valence-electron chi connectivity index (χ0n) is 14.8. The summed E-state index contributed by atoms with van der Waals surface area (Å²) in [5.41, 5.74) is 0.817. The van der Waals surface area contributed by atoms with Gasteiger partial charge in [-0.1, -0.05) is 15.9 Å². The molecular weight excluding hydrogens is 530 g/mol. The molecule has 6 nitrogen and oxygen atoms in total. The molecular formula is C18H21BrFIN4O2. The average Bonchev–Trinajstić information content (AvgIpc) is 3.19. The highest BCUT2D eigenvalue weighted by Gasteiger charge is 2.25. The zero-order chi connectivity index (χ0) is 18.5. The lowest BCUT2D eigenvalue weighted by molar-refractivity contribution is 0.0657. The maximum absolute atomic E-state index is 13.4. The van der Waals surface area contributed by atoms with Crippen LogP contribution in [0.3, 0.4) is 0 Å². The molecule has 2 aromatic rings. The van der Waals surface area contributed by atoms with Gasteiger partial charge >= 0.3 is 0 Å².